The molecule has 0 spiro atoms. The molecule has 0 aliphatic rings. The highest BCUT2D eigenvalue weighted by Gasteiger charge is 2.09. The highest BCUT2D eigenvalue weighted by molar-refractivity contribution is 5.43. The molecular formula is C14H17F2N3. The lowest BCUT2D eigenvalue weighted by molar-refractivity contribution is 0.581. The van der Waals surface area contributed by atoms with Gasteiger partial charge in [0.15, 0.2) is 0 Å². The van der Waals surface area contributed by atoms with Crippen molar-refractivity contribution in [2.24, 2.45) is 0 Å². The first kappa shape index (κ1) is 13.5. The van der Waals surface area contributed by atoms with E-state index in [1.54, 1.807) is 10.8 Å². The van der Waals surface area contributed by atoms with Gasteiger partial charge in [-0.1, -0.05) is 13.3 Å². The molecule has 0 radical (unpaired) electrons. The summed E-state index contributed by atoms with van der Waals surface area (Å²) < 4.78 is 28.2. The van der Waals surface area contributed by atoms with E-state index in [-0.39, 0.29) is 0 Å². The van der Waals surface area contributed by atoms with Crippen LogP contribution in [0.5, 0.6) is 0 Å². The standard InChI is InChI=1S/C14H17F2N3/c1-3-4-5-17-14-18-10(2)9-19(14)13-7-11(15)6-12(16)8-13/h6-9H,3-5H2,1-2H3,(H,17,18). The van der Waals surface area contributed by atoms with E-state index in [0.717, 1.165) is 31.1 Å². The van der Waals surface area contributed by atoms with E-state index in [2.05, 4.69) is 17.2 Å². The number of rotatable bonds is 5. The van der Waals surface area contributed by atoms with E-state index >= 15 is 0 Å². The third-order valence-electron chi connectivity index (χ3n) is 2.77. The van der Waals surface area contributed by atoms with Crippen molar-refractivity contribution in [2.75, 3.05) is 11.9 Å². The molecule has 102 valence electrons. The molecule has 0 saturated heterocycles. The number of hydrogen-bond donors (Lipinski definition) is 1. The number of anilines is 1. The molecule has 1 heterocycles. The van der Waals surface area contributed by atoms with Gasteiger partial charge >= 0.3 is 0 Å². The molecule has 0 amide bonds. The Balaban J connectivity index is 2.32. The summed E-state index contributed by atoms with van der Waals surface area (Å²) in [4.78, 5) is 4.33. The second-order valence-corrected chi connectivity index (χ2v) is 4.48. The van der Waals surface area contributed by atoms with Crippen LogP contribution in [0.2, 0.25) is 0 Å². The van der Waals surface area contributed by atoms with Gasteiger partial charge in [0, 0.05) is 18.8 Å². The monoisotopic (exact) mass is 265 g/mol. The van der Waals surface area contributed by atoms with Gasteiger partial charge in [0.25, 0.3) is 0 Å². The average molecular weight is 265 g/mol. The van der Waals surface area contributed by atoms with Gasteiger partial charge < -0.3 is 5.32 Å². The summed E-state index contributed by atoms with van der Waals surface area (Å²) in [6, 6.07) is 3.43. The van der Waals surface area contributed by atoms with Gasteiger partial charge in [-0.3, -0.25) is 4.57 Å². The lowest BCUT2D eigenvalue weighted by Crippen LogP contribution is -2.07. The fourth-order valence-corrected chi connectivity index (χ4v) is 1.87. The Morgan fingerprint density at radius 1 is 1.21 bits per heavy atom. The third kappa shape index (κ3) is 3.30. The molecule has 0 aliphatic heterocycles. The minimum Gasteiger partial charge on any atom is -0.355 e. The zero-order valence-corrected chi connectivity index (χ0v) is 11.1. The molecule has 0 bridgehead atoms. The Morgan fingerprint density at radius 3 is 2.53 bits per heavy atom. The fourth-order valence-electron chi connectivity index (χ4n) is 1.87. The molecule has 1 N–H and O–H groups in total. The quantitative estimate of drug-likeness (QED) is 0.836. The number of imidazole rings is 1. The van der Waals surface area contributed by atoms with Crippen LogP contribution in [0.25, 0.3) is 5.69 Å². The van der Waals surface area contributed by atoms with Gasteiger partial charge in [0.2, 0.25) is 5.95 Å². The Labute approximate surface area is 111 Å². The molecule has 0 saturated carbocycles. The number of hydrogen-bond acceptors (Lipinski definition) is 2. The van der Waals surface area contributed by atoms with Gasteiger partial charge in [-0.05, 0) is 25.5 Å². The highest BCUT2D eigenvalue weighted by atomic mass is 19.1. The van der Waals surface area contributed by atoms with E-state index < -0.39 is 11.6 Å². The minimum atomic E-state index is -0.596. The Bertz CT molecular complexity index is 544. The minimum absolute atomic E-state index is 0.428. The lowest BCUT2D eigenvalue weighted by atomic mass is 10.3. The maximum Gasteiger partial charge on any atom is 0.207 e. The molecule has 5 heteroatoms. The number of halogens is 2. The van der Waals surface area contributed by atoms with E-state index in [4.69, 9.17) is 0 Å². The summed E-state index contributed by atoms with van der Waals surface area (Å²) in [6.07, 6.45) is 3.84. The molecule has 0 aliphatic carbocycles. The average Bonchev–Trinajstić information content (AvgIpc) is 2.70. The van der Waals surface area contributed by atoms with Gasteiger partial charge in [-0.25, -0.2) is 13.8 Å². The number of aryl methyl sites for hydroxylation is 1. The second-order valence-electron chi connectivity index (χ2n) is 4.48. The number of nitrogens with zero attached hydrogens (tertiary/aromatic N) is 2. The normalized spacial score (nSPS) is 10.7. The first-order valence-electron chi connectivity index (χ1n) is 6.36. The fraction of sp³-hybridized carbons (Fsp3) is 0.357. The van der Waals surface area contributed by atoms with E-state index in [0.29, 0.717) is 11.6 Å². The van der Waals surface area contributed by atoms with Crippen molar-refractivity contribution >= 4 is 5.95 Å². The number of aromatic nitrogens is 2. The molecule has 0 atom stereocenters. The molecule has 0 fully saturated rings. The Morgan fingerprint density at radius 2 is 1.89 bits per heavy atom. The summed E-state index contributed by atoms with van der Waals surface area (Å²) in [5, 5.41) is 3.18. The van der Waals surface area contributed by atoms with Crippen LogP contribution in [-0.2, 0) is 0 Å². The van der Waals surface area contributed by atoms with Crippen molar-refractivity contribution in [3.63, 3.8) is 0 Å². The van der Waals surface area contributed by atoms with Gasteiger partial charge in [-0.15, -0.1) is 0 Å². The molecule has 2 aromatic rings. The lowest BCUT2D eigenvalue weighted by Gasteiger charge is -2.09. The molecule has 0 unspecified atom stereocenters. The smallest absolute Gasteiger partial charge is 0.207 e. The maximum absolute atomic E-state index is 13.3. The van der Waals surface area contributed by atoms with Crippen molar-refractivity contribution < 1.29 is 8.78 Å². The molecular weight excluding hydrogens is 248 g/mol. The SMILES string of the molecule is CCCCNc1nc(C)cn1-c1cc(F)cc(F)c1. The van der Waals surface area contributed by atoms with Crippen molar-refractivity contribution in [2.45, 2.75) is 26.7 Å². The predicted molar refractivity (Wildman–Crippen MR) is 71.6 cm³/mol. The summed E-state index contributed by atoms with van der Waals surface area (Å²) in [7, 11) is 0. The van der Waals surface area contributed by atoms with Crippen LogP contribution >= 0.6 is 0 Å². The predicted octanol–water partition coefficient (Wildman–Crippen LogP) is 3.67. The van der Waals surface area contributed by atoms with Crippen LogP contribution in [0.4, 0.5) is 14.7 Å². The number of nitrogens with one attached hydrogen (secondary N) is 1. The van der Waals surface area contributed by atoms with Gasteiger partial charge in [-0.2, -0.15) is 0 Å². The van der Waals surface area contributed by atoms with Crippen LogP contribution < -0.4 is 5.32 Å². The third-order valence-corrected chi connectivity index (χ3v) is 2.77. The molecule has 1 aromatic carbocycles. The molecule has 3 nitrogen and oxygen atoms in total. The van der Waals surface area contributed by atoms with Crippen LogP contribution in [0.3, 0.4) is 0 Å². The Kier molecular flexibility index (Phi) is 4.14. The first-order chi connectivity index (χ1) is 9.10. The van der Waals surface area contributed by atoms with Crippen molar-refractivity contribution in [3.8, 4) is 5.69 Å². The summed E-state index contributed by atoms with van der Waals surface area (Å²) in [5.74, 6) is -0.585. The van der Waals surface area contributed by atoms with Crippen LogP contribution in [0, 0.1) is 18.6 Å². The summed E-state index contributed by atoms with van der Waals surface area (Å²) >= 11 is 0. The zero-order chi connectivity index (χ0) is 13.8. The van der Waals surface area contributed by atoms with Crippen LogP contribution in [0.15, 0.2) is 24.4 Å². The largest absolute Gasteiger partial charge is 0.355 e. The van der Waals surface area contributed by atoms with Crippen molar-refractivity contribution in [1.29, 1.82) is 0 Å². The Hall–Kier alpha value is -1.91. The van der Waals surface area contributed by atoms with Crippen molar-refractivity contribution in [3.05, 3.63) is 41.7 Å². The van der Waals surface area contributed by atoms with E-state index in [1.165, 1.54) is 12.1 Å². The second kappa shape index (κ2) is 5.82. The molecule has 2 rings (SSSR count). The van der Waals surface area contributed by atoms with E-state index in [9.17, 15) is 8.78 Å². The highest BCUT2D eigenvalue weighted by Crippen LogP contribution is 2.19. The first-order valence-corrected chi connectivity index (χ1v) is 6.36. The maximum atomic E-state index is 13.3. The van der Waals surface area contributed by atoms with Crippen LogP contribution in [-0.4, -0.2) is 16.1 Å². The van der Waals surface area contributed by atoms with Gasteiger partial charge in [0.1, 0.15) is 11.6 Å². The zero-order valence-electron chi connectivity index (χ0n) is 11.1. The number of unbranched alkanes of at least 4 members (excludes halogenated alkanes) is 1. The van der Waals surface area contributed by atoms with Gasteiger partial charge in [0.05, 0.1) is 11.4 Å². The summed E-state index contributed by atoms with van der Waals surface area (Å²) in [5.41, 5.74) is 1.22. The number of benzene rings is 1. The topological polar surface area (TPSA) is 29.9 Å². The molecule has 19 heavy (non-hydrogen) atoms. The summed E-state index contributed by atoms with van der Waals surface area (Å²) in [6.45, 7) is 4.73. The van der Waals surface area contributed by atoms with Crippen molar-refractivity contribution in [1.82, 2.24) is 9.55 Å². The molecule has 1 aromatic heterocycles. The van der Waals surface area contributed by atoms with Crippen LogP contribution in [0.1, 0.15) is 25.5 Å². The van der Waals surface area contributed by atoms with E-state index in [1.807, 2.05) is 6.92 Å².